The van der Waals surface area contributed by atoms with Crippen molar-refractivity contribution in [2.45, 2.75) is 19.4 Å². The van der Waals surface area contributed by atoms with Crippen molar-refractivity contribution in [3.63, 3.8) is 0 Å². The molecule has 18 heavy (non-hydrogen) atoms. The van der Waals surface area contributed by atoms with Crippen molar-refractivity contribution in [2.75, 3.05) is 6.54 Å². The number of hydrogen-bond donors (Lipinski definition) is 2. The zero-order chi connectivity index (χ0) is 13.1. The minimum atomic E-state index is -0.506. The number of fused-ring (bicyclic) bond motifs is 1. The molecule has 0 spiro atoms. The van der Waals surface area contributed by atoms with Gasteiger partial charge in [-0.3, -0.25) is 4.79 Å². The second kappa shape index (κ2) is 5.18. The molecule has 5 heteroatoms. The Morgan fingerprint density at radius 2 is 2.22 bits per heavy atom. The molecule has 4 nitrogen and oxygen atoms in total. The summed E-state index contributed by atoms with van der Waals surface area (Å²) in [5.74, 6) is -0.438. The number of carbonyl (C=O) groups excluding carboxylic acids is 1. The fourth-order valence-corrected chi connectivity index (χ4v) is 1.82. The highest BCUT2D eigenvalue weighted by Gasteiger charge is 2.07. The van der Waals surface area contributed by atoms with Crippen molar-refractivity contribution >= 4 is 11.4 Å². The molecular formula is C13H16FN3O. The Morgan fingerprint density at radius 1 is 1.50 bits per heavy atom. The van der Waals surface area contributed by atoms with Gasteiger partial charge in [-0.25, -0.2) is 4.39 Å². The van der Waals surface area contributed by atoms with Crippen molar-refractivity contribution < 1.29 is 9.18 Å². The summed E-state index contributed by atoms with van der Waals surface area (Å²) in [4.78, 5) is 11.3. The van der Waals surface area contributed by atoms with Crippen LogP contribution in [0.15, 0.2) is 30.6 Å². The molecule has 2 aromatic heterocycles. The Morgan fingerprint density at radius 3 is 2.94 bits per heavy atom. The molecule has 0 radical (unpaired) electrons. The highest BCUT2D eigenvalue weighted by Crippen LogP contribution is 2.14. The third-order valence-corrected chi connectivity index (χ3v) is 2.82. The summed E-state index contributed by atoms with van der Waals surface area (Å²) in [5, 5.41) is 2.73. The first kappa shape index (κ1) is 12.6. The Hall–Kier alpha value is -1.88. The number of nitrogens with zero attached hydrogens (tertiary/aromatic N) is 1. The molecular weight excluding hydrogens is 233 g/mol. The number of nitrogens with one attached hydrogen (secondary N) is 1. The van der Waals surface area contributed by atoms with Crippen LogP contribution < -0.4 is 11.1 Å². The van der Waals surface area contributed by atoms with Gasteiger partial charge >= 0.3 is 0 Å². The van der Waals surface area contributed by atoms with Crippen molar-refractivity contribution in [1.29, 1.82) is 0 Å². The maximum atomic E-state index is 13.2. The van der Waals surface area contributed by atoms with E-state index in [1.165, 1.54) is 12.1 Å². The summed E-state index contributed by atoms with van der Waals surface area (Å²) in [6, 6.07) is 4.32. The summed E-state index contributed by atoms with van der Waals surface area (Å²) < 4.78 is 15.0. The molecule has 2 aromatic rings. The molecule has 1 atom stereocenters. The lowest BCUT2D eigenvalue weighted by atomic mass is 10.2. The normalized spacial score (nSPS) is 12.6. The van der Waals surface area contributed by atoms with E-state index in [9.17, 15) is 9.18 Å². The average Bonchev–Trinajstić information content (AvgIpc) is 2.71. The van der Waals surface area contributed by atoms with Gasteiger partial charge in [-0.05, 0) is 37.1 Å². The summed E-state index contributed by atoms with van der Waals surface area (Å²) >= 11 is 0. The van der Waals surface area contributed by atoms with Crippen LogP contribution in [0.5, 0.6) is 0 Å². The van der Waals surface area contributed by atoms with Gasteiger partial charge in [-0.2, -0.15) is 0 Å². The van der Waals surface area contributed by atoms with Gasteiger partial charge in [0.15, 0.2) is 0 Å². The van der Waals surface area contributed by atoms with Crippen LogP contribution >= 0.6 is 0 Å². The van der Waals surface area contributed by atoms with Crippen molar-refractivity contribution in [1.82, 2.24) is 9.72 Å². The lowest BCUT2D eigenvalue weighted by molar-refractivity contribution is -0.121. The number of aromatic nitrogens is 1. The molecule has 2 heterocycles. The van der Waals surface area contributed by atoms with E-state index in [2.05, 4.69) is 5.32 Å². The third-order valence-electron chi connectivity index (χ3n) is 2.82. The molecule has 2 rings (SSSR count). The lowest BCUT2D eigenvalue weighted by Gasteiger charge is -2.07. The molecule has 0 aliphatic rings. The molecule has 3 N–H and O–H groups in total. The van der Waals surface area contributed by atoms with E-state index >= 15 is 0 Å². The van der Waals surface area contributed by atoms with E-state index in [0.29, 0.717) is 13.0 Å². The van der Waals surface area contributed by atoms with Crippen LogP contribution in [0.2, 0.25) is 0 Å². The highest BCUT2D eigenvalue weighted by atomic mass is 19.1. The summed E-state index contributed by atoms with van der Waals surface area (Å²) in [6.07, 6.45) is 4.20. The fraction of sp³-hybridized carbons (Fsp3) is 0.308. The maximum absolute atomic E-state index is 13.2. The molecule has 0 aromatic carbocycles. The van der Waals surface area contributed by atoms with E-state index < -0.39 is 6.04 Å². The predicted molar refractivity (Wildman–Crippen MR) is 67.7 cm³/mol. The van der Waals surface area contributed by atoms with Crippen LogP contribution in [0, 0.1) is 5.82 Å². The molecule has 0 bridgehead atoms. The number of nitrogens with two attached hydrogens (primary N) is 1. The molecule has 0 fully saturated rings. The van der Waals surface area contributed by atoms with Crippen molar-refractivity contribution in [3.8, 4) is 0 Å². The minimum absolute atomic E-state index is 0.176. The van der Waals surface area contributed by atoms with E-state index in [-0.39, 0.29) is 11.7 Å². The van der Waals surface area contributed by atoms with E-state index in [1.807, 2.05) is 16.7 Å². The van der Waals surface area contributed by atoms with Crippen molar-refractivity contribution in [3.05, 3.63) is 42.0 Å². The van der Waals surface area contributed by atoms with Gasteiger partial charge in [0.25, 0.3) is 0 Å². The smallest absolute Gasteiger partial charge is 0.236 e. The highest BCUT2D eigenvalue weighted by molar-refractivity contribution is 5.80. The summed E-state index contributed by atoms with van der Waals surface area (Å²) in [5.41, 5.74) is 7.26. The first-order chi connectivity index (χ1) is 8.58. The van der Waals surface area contributed by atoms with E-state index in [4.69, 9.17) is 5.73 Å². The summed E-state index contributed by atoms with van der Waals surface area (Å²) in [6.45, 7) is 2.13. The van der Waals surface area contributed by atoms with E-state index in [0.717, 1.165) is 11.1 Å². The third kappa shape index (κ3) is 2.68. The maximum Gasteiger partial charge on any atom is 0.236 e. The molecule has 96 valence electrons. The topological polar surface area (TPSA) is 59.5 Å². The van der Waals surface area contributed by atoms with Gasteiger partial charge in [0.05, 0.1) is 11.6 Å². The van der Waals surface area contributed by atoms with Crippen LogP contribution in [0.25, 0.3) is 5.52 Å². The lowest BCUT2D eigenvalue weighted by Crippen LogP contribution is -2.39. The van der Waals surface area contributed by atoms with Crippen LogP contribution in [-0.4, -0.2) is 22.9 Å². The van der Waals surface area contributed by atoms with Crippen LogP contribution in [0.1, 0.15) is 12.5 Å². The average molecular weight is 249 g/mol. The molecule has 0 aliphatic heterocycles. The van der Waals surface area contributed by atoms with Gasteiger partial charge in [0.2, 0.25) is 5.91 Å². The Kier molecular flexibility index (Phi) is 3.62. The number of rotatable bonds is 4. The first-order valence-electron chi connectivity index (χ1n) is 5.86. The molecule has 0 aliphatic carbocycles. The zero-order valence-corrected chi connectivity index (χ0v) is 10.2. The molecule has 0 saturated carbocycles. The number of pyridine rings is 1. The van der Waals surface area contributed by atoms with E-state index in [1.54, 1.807) is 13.1 Å². The van der Waals surface area contributed by atoms with Gasteiger partial charge in [0.1, 0.15) is 5.82 Å². The second-order valence-electron chi connectivity index (χ2n) is 4.31. The van der Waals surface area contributed by atoms with Crippen LogP contribution in [0.4, 0.5) is 4.39 Å². The first-order valence-corrected chi connectivity index (χ1v) is 5.86. The van der Waals surface area contributed by atoms with Gasteiger partial charge in [-0.1, -0.05) is 0 Å². The molecule has 0 unspecified atom stereocenters. The number of halogens is 1. The SMILES string of the molecule is C[C@H](N)C(=O)NCCc1ccn2ccc(F)cc12. The Balaban J connectivity index is 2.04. The largest absolute Gasteiger partial charge is 0.354 e. The van der Waals surface area contributed by atoms with Crippen LogP contribution in [-0.2, 0) is 11.2 Å². The minimum Gasteiger partial charge on any atom is -0.354 e. The van der Waals surface area contributed by atoms with Crippen molar-refractivity contribution in [2.24, 2.45) is 5.73 Å². The van der Waals surface area contributed by atoms with Gasteiger partial charge < -0.3 is 15.5 Å². The molecule has 0 saturated heterocycles. The zero-order valence-electron chi connectivity index (χ0n) is 10.2. The fourth-order valence-electron chi connectivity index (χ4n) is 1.82. The number of hydrogen-bond acceptors (Lipinski definition) is 2. The monoisotopic (exact) mass is 249 g/mol. The second-order valence-corrected chi connectivity index (χ2v) is 4.31. The summed E-state index contributed by atoms with van der Waals surface area (Å²) in [7, 11) is 0. The number of amides is 1. The quantitative estimate of drug-likeness (QED) is 0.852. The molecule has 1 amide bonds. The van der Waals surface area contributed by atoms with Crippen LogP contribution in [0.3, 0.4) is 0 Å². The standard InChI is InChI=1S/C13H16FN3O/c1-9(15)13(18)16-5-2-10-3-6-17-7-4-11(14)8-12(10)17/h3-4,6-9H,2,5,15H2,1H3,(H,16,18)/t9-/m0/s1. The Labute approximate surface area is 105 Å². The van der Waals surface area contributed by atoms with Gasteiger partial charge in [0, 0.05) is 18.9 Å². The van der Waals surface area contributed by atoms with Gasteiger partial charge in [-0.15, -0.1) is 0 Å². The predicted octanol–water partition coefficient (Wildman–Crippen LogP) is 1.08. The number of carbonyl (C=O) groups is 1. The Bertz CT molecular complexity index is 562.